The summed E-state index contributed by atoms with van der Waals surface area (Å²) >= 11 is 5.88. The number of imide groups is 1. The molecule has 0 saturated carbocycles. The fraction of sp³-hybridized carbons (Fsp3) is 0.308. The van der Waals surface area contributed by atoms with Gasteiger partial charge in [-0.25, -0.2) is 4.79 Å². The quantitative estimate of drug-likeness (QED) is 0.765. The van der Waals surface area contributed by atoms with E-state index in [9.17, 15) is 9.59 Å². The largest absolute Gasteiger partial charge is 0.482 e. The van der Waals surface area contributed by atoms with Crippen LogP contribution in [0.25, 0.3) is 0 Å². The molecule has 0 aliphatic carbocycles. The monoisotopic (exact) mass is 311 g/mol. The Morgan fingerprint density at radius 1 is 1.43 bits per heavy atom. The van der Waals surface area contributed by atoms with Crippen LogP contribution in [0.3, 0.4) is 0 Å². The summed E-state index contributed by atoms with van der Waals surface area (Å²) in [6.07, 6.45) is 0. The number of hydrogen-bond acceptors (Lipinski definition) is 5. The molecule has 0 saturated heterocycles. The second kappa shape index (κ2) is 8.79. The lowest BCUT2D eigenvalue weighted by Gasteiger charge is -2.09. The van der Waals surface area contributed by atoms with Gasteiger partial charge in [-0.3, -0.25) is 10.1 Å². The molecule has 0 bridgehead atoms. The Hall–Kier alpha value is -2.30. The first kappa shape index (κ1) is 16.8. The Morgan fingerprint density at radius 3 is 2.81 bits per heavy atom. The van der Waals surface area contributed by atoms with Crippen LogP contribution in [0.15, 0.2) is 18.2 Å². The number of halogens is 1. The van der Waals surface area contributed by atoms with Gasteiger partial charge in [0.25, 0.3) is 5.91 Å². The second-order valence-electron chi connectivity index (χ2n) is 3.84. The van der Waals surface area contributed by atoms with E-state index in [4.69, 9.17) is 26.3 Å². The molecule has 21 heavy (non-hydrogen) atoms. The number of benzene rings is 1. The molecule has 0 aromatic heterocycles. The molecule has 0 heterocycles. The van der Waals surface area contributed by atoms with Crippen molar-refractivity contribution in [2.24, 2.45) is 0 Å². The Bertz CT molecular complexity index is 557. The summed E-state index contributed by atoms with van der Waals surface area (Å²) in [5, 5.41) is 13.4. The highest BCUT2D eigenvalue weighted by molar-refractivity contribution is 6.32. The molecule has 3 amide bonds. The number of ether oxygens (including phenoxy) is 2. The third kappa shape index (κ3) is 6.12. The lowest BCUT2D eigenvalue weighted by Crippen LogP contribution is -2.42. The molecule has 0 spiro atoms. The number of carbonyl (C=O) groups excluding carboxylic acids is 2. The van der Waals surface area contributed by atoms with Crippen molar-refractivity contribution in [1.82, 2.24) is 10.6 Å². The maximum Gasteiger partial charge on any atom is 0.321 e. The predicted molar refractivity (Wildman–Crippen MR) is 75.1 cm³/mol. The van der Waals surface area contributed by atoms with Gasteiger partial charge in [0.15, 0.2) is 6.61 Å². The minimum atomic E-state index is -0.633. The molecule has 0 radical (unpaired) electrons. The summed E-state index contributed by atoms with van der Waals surface area (Å²) in [4.78, 5) is 22.7. The summed E-state index contributed by atoms with van der Waals surface area (Å²) in [7, 11) is 1.50. The average Bonchev–Trinajstić information content (AvgIpc) is 2.46. The first-order chi connectivity index (χ1) is 10.1. The molecule has 7 nitrogen and oxygen atoms in total. The molecule has 0 fully saturated rings. The van der Waals surface area contributed by atoms with Crippen LogP contribution < -0.4 is 15.4 Å². The van der Waals surface area contributed by atoms with Gasteiger partial charge in [-0.15, -0.1) is 0 Å². The van der Waals surface area contributed by atoms with Crippen molar-refractivity contribution in [3.63, 3.8) is 0 Å². The number of amides is 3. The molecule has 1 aromatic carbocycles. The molecule has 112 valence electrons. The molecule has 2 N–H and O–H groups in total. The first-order valence-electron chi connectivity index (χ1n) is 5.96. The predicted octanol–water partition coefficient (Wildman–Crippen LogP) is 1.06. The highest BCUT2D eigenvalue weighted by Gasteiger charge is 2.09. The zero-order chi connectivity index (χ0) is 15.7. The molecular weight excluding hydrogens is 298 g/mol. The number of methoxy groups -OCH3 is 1. The van der Waals surface area contributed by atoms with Crippen LogP contribution in [0.2, 0.25) is 5.02 Å². The van der Waals surface area contributed by atoms with Crippen LogP contribution >= 0.6 is 11.6 Å². The highest BCUT2D eigenvalue weighted by atomic mass is 35.5. The standard InChI is InChI=1S/C13H14ClN3O4/c1-20-5-4-16-13(19)17-12(18)8-21-11-3-2-9(7-15)6-10(11)14/h2-3,6H,4-5,8H2,1H3,(H2,16,17,18,19). The number of nitrogens with zero attached hydrogens (tertiary/aromatic N) is 1. The van der Waals surface area contributed by atoms with Crippen molar-refractivity contribution in [2.45, 2.75) is 0 Å². The van der Waals surface area contributed by atoms with Crippen LogP contribution in [0, 0.1) is 11.3 Å². The Labute approximate surface area is 126 Å². The number of hydrogen-bond donors (Lipinski definition) is 2. The van der Waals surface area contributed by atoms with Crippen molar-refractivity contribution >= 4 is 23.5 Å². The number of rotatable bonds is 6. The number of nitrogens with one attached hydrogen (secondary N) is 2. The van der Waals surface area contributed by atoms with Crippen molar-refractivity contribution in [2.75, 3.05) is 26.9 Å². The Kier molecular flexibility index (Phi) is 7.01. The van der Waals surface area contributed by atoms with E-state index in [0.717, 1.165) is 0 Å². The van der Waals surface area contributed by atoms with Gasteiger partial charge in [-0.1, -0.05) is 11.6 Å². The van der Waals surface area contributed by atoms with Crippen LogP contribution in [0.5, 0.6) is 5.75 Å². The smallest absolute Gasteiger partial charge is 0.321 e. The van der Waals surface area contributed by atoms with Gasteiger partial charge in [0, 0.05) is 13.7 Å². The van der Waals surface area contributed by atoms with Gasteiger partial charge in [-0.2, -0.15) is 5.26 Å². The van der Waals surface area contributed by atoms with Crippen molar-refractivity contribution in [3.8, 4) is 11.8 Å². The van der Waals surface area contributed by atoms with Crippen molar-refractivity contribution in [1.29, 1.82) is 5.26 Å². The van der Waals surface area contributed by atoms with Crippen LogP contribution in [0.1, 0.15) is 5.56 Å². The topological polar surface area (TPSA) is 100 Å². The van der Waals surface area contributed by atoms with E-state index in [2.05, 4.69) is 10.6 Å². The minimum Gasteiger partial charge on any atom is -0.482 e. The average molecular weight is 312 g/mol. The van der Waals surface area contributed by atoms with Crippen LogP contribution in [-0.4, -0.2) is 38.8 Å². The van der Waals surface area contributed by atoms with Crippen LogP contribution in [0.4, 0.5) is 4.79 Å². The molecular formula is C13H14ClN3O4. The third-order valence-electron chi connectivity index (χ3n) is 2.26. The fourth-order valence-corrected chi connectivity index (χ4v) is 1.54. The van der Waals surface area contributed by atoms with E-state index in [1.54, 1.807) is 0 Å². The molecule has 1 rings (SSSR count). The lowest BCUT2D eigenvalue weighted by molar-refractivity contribution is -0.122. The van der Waals surface area contributed by atoms with E-state index < -0.39 is 11.9 Å². The molecule has 0 unspecified atom stereocenters. The fourth-order valence-electron chi connectivity index (χ4n) is 1.30. The number of carbonyl (C=O) groups is 2. The normalized spacial score (nSPS) is 9.57. The van der Waals surface area contributed by atoms with Gasteiger partial charge in [0.05, 0.1) is 23.3 Å². The van der Waals surface area contributed by atoms with E-state index >= 15 is 0 Å². The summed E-state index contributed by atoms with van der Waals surface area (Å²) in [5.74, 6) is -0.365. The maximum atomic E-state index is 11.5. The Morgan fingerprint density at radius 2 is 2.19 bits per heavy atom. The SMILES string of the molecule is COCCNC(=O)NC(=O)COc1ccc(C#N)cc1Cl. The minimum absolute atomic E-state index is 0.214. The highest BCUT2D eigenvalue weighted by Crippen LogP contribution is 2.24. The van der Waals surface area contributed by atoms with Gasteiger partial charge in [0.1, 0.15) is 5.75 Å². The molecule has 1 aromatic rings. The zero-order valence-corrected chi connectivity index (χ0v) is 12.1. The second-order valence-corrected chi connectivity index (χ2v) is 4.25. The van der Waals surface area contributed by atoms with Gasteiger partial charge < -0.3 is 14.8 Å². The van der Waals surface area contributed by atoms with Gasteiger partial charge in [-0.05, 0) is 18.2 Å². The molecule has 0 aliphatic heterocycles. The molecule has 8 heteroatoms. The molecule has 0 atom stereocenters. The van der Waals surface area contributed by atoms with Crippen molar-refractivity contribution in [3.05, 3.63) is 28.8 Å². The van der Waals surface area contributed by atoms with Crippen molar-refractivity contribution < 1.29 is 19.1 Å². The molecule has 0 aliphatic rings. The number of urea groups is 1. The number of nitriles is 1. The van der Waals surface area contributed by atoms with E-state index in [1.807, 2.05) is 6.07 Å². The summed E-state index contributed by atoms with van der Waals surface area (Å²) in [5.41, 5.74) is 0.384. The Balaban J connectivity index is 2.39. The van der Waals surface area contributed by atoms with E-state index in [0.29, 0.717) is 12.2 Å². The van der Waals surface area contributed by atoms with E-state index in [-0.39, 0.29) is 23.9 Å². The van der Waals surface area contributed by atoms with Gasteiger partial charge >= 0.3 is 6.03 Å². The van der Waals surface area contributed by atoms with Gasteiger partial charge in [0.2, 0.25) is 0 Å². The van der Waals surface area contributed by atoms with E-state index in [1.165, 1.54) is 25.3 Å². The summed E-state index contributed by atoms with van der Waals surface area (Å²) in [6, 6.07) is 5.71. The maximum absolute atomic E-state index is 11.5. The zero-order valence-electron chi connectivity index (χ0n) is 11.3. The lowest BCUT2D eigenvalue weighted by atomic mass is 10.2. The van der Waals surface area contributed by atoms with Crippen LogP contribution in [-0.2, 0) is 9.53 Å². The first-order valence-corrected chi connectivity index (χ1v) is 6.33. The summed E-state index contributed by atoms with van der Waals surface area (Å²) < 4.78 is 9.91. The third-order valence-corrected chi connectivity index (χ3v) is 2.56. The summed E-state index contributed by atoms with van der Waals surface area (Å²) in [6.45, 7) is 0.264.